The number of pyridine rings is 1. The van der Waals surface area contributed by atoms with Crippen LogP contribution in [0.4, 0.5) is 10.1 Å². The number of H-pyrrole nitrogens is 1. The lowest BCUT2D eigenvalue weighted by atomic mass is 10.1. The standard InChI is InChI=1S/C19H17FN6O2/c1-25(2)11-6-7-13(20)12(9-11)16-23-17-15(18(27)24-16)26(10-22-17)14-5-4-8-21-19(14)28-3/h4-10H,1-3H3,(H,23,24,27). The molecule has 0 aliphatic carbocycles. The molecule has 0 unspecified atom stereocenters. The molecule has 3 heterocycles. The van der Waals surface area contributed by atoms with Crippen molar-refractivity contribution in [2.45, 2.75) is 0 Å². The minimum atomic E-state index is -0.485. The summed E-state index contributed by atoms with van der Waals surface area (Å²) in [5.41, 5.74) is 1.49. The second-order valence-corrected chi connectivity index (χ2v) is 6.29. The molecule has 1 N–H and O–H groups in total. The van der Waals surface area contributed by atoms with E-state index < -0.39 is 11.4 Å². The van der Waals surface area contributed by atoms with E-state index in [9.17, 15) is 9.18 Å². The summed E-state index contributed by atoms with van der Waals surface area (Å²) in [5.74, 6) is -0.0291. The first kappa shape index (κ1) is 17.7. The molecule has 0 saturated heterocycles. The number of nitrogens with one attached hydrogen (secondary N) is 1. The number of ether oxygens (including phenoxy) is 1. The maximum atomic E-state index is 14.4. The Morgan fingerprint density at radius 3 is 2.79 bits per heavy atom. The number of aromatic amines is 1. The van der Waals surface area contributed by atoms with Gasteiger partial charge in [-0.3, -0.25) is 9.36 Å². The number of anilines is 1. The van der Waals surface area contributed by atoms with Crippen molar-refractivity contribution in [3.05, 3.63) is 59.0 Å². The first-order valence-corrected chi connectivity index (χ1v) is 8.43. The largest absolute Gasteiger partial charge is 0.480 e. The van der Waals surface area contributed by atoms with Crippen molar-refractivity contribution >= 4 is 16.9 Å². The van der Waals surface area contributed by atoms with Gasteiger partial charge in [0.15, 0.2) is 11.2 Å². The molecule has 4 rings (SSSR count). The molecule has 4 aromatic rings. The fourth-order valence-corrected chi connectivity index (χ4v) is 2.94. The average molecular weight is 380 g/mol. The molecule has 0 radical (unpaired) electrons. The van der Waals surface area contributed by atoms with Gasteiger partial charge >= 0.3 is 0 Å². The van der Waals surface area contributed by atoms with Gasteiger partial charge in [-0.2, -0.15) is 0 Å². The molecular weight excluding hydrogens is 363 g/mol. The molecule has 0 saturated carbocycles. The summed E-state index contributed by atoms with van der Waals surface area (Å²) >= 11 is 0. The fraction of sp³-hybridized carbons (Fsp3) is 0.158. The summed E-state index contributed by atoms with van der Waals surface area (Å²) in [6.45, 7) is 0. The van der Waals surface area contributed by atoms with Crippen molar-refractivity contribution in [2.75, 3.05) is 26.1 Å². The lowest BCUT2D eigenvalue weighted by Gasteiger charge is -2.14. The smallest absolute Gasteiger partial charge is 0.277 e. The van der Waals surface area contributed by atoms with Gasteiger partial charge in [-0.15, -0.1) is 0 Å². The van der Waals surface area contributed by atoms with Crippen LogP contribution in [0.2, 0.25) is 0 Å². The molecule has 0 aliphatic rings. The first-order chi connectivity index (χ1) is 13.5. The number of nitrogens with zero attached hydrogens (tertiary/aromatic N) is 5. The SMILES string of the molecule is COc1ncccc1-n1cnc2nc(-c3cc(N(C)C)ccc3F)[nH]c(=O)c21. The van der Waals surface area contributed by atoms with Crippen LogP contribution in [0.3, 0.4) is 0 Å². The number of hydrogen-bond donors (Lipinski definition) is 1. The summed E-state index contributed by atoms with van der Waals surface area (Å²) in [4.78, 5) is 30.0. The Morgan fingerprint density at radius 2 is 2.04 bits per heavy atom. The van der Waals surface area contributed by atoms with Crippen LogP contribution in [-0.2, 0) is 0 Å². The molecule has 142 valence electrons. The predicted octanol–water partition coefficient (Wildman–Crippen LogP) is 2.38. The van der Waals surface area contributed by atoms with Gasteiger partial charge in [-0.25, -0.2) is 19.3 Å². The van der Waals surface area contributed by atoms with E-state index in [1.165, 1.54) is 19.5 Å². The monoisotopic (exact) mass is 380 g/mol. The maximum absolute atomic E-state index is 14.4. The van der Waals surface area contributed by atoms with E-state index in [2.05, 4.69) is 19.9 Å². The third-order valence-corrected chi connectivity index (χ3v) is 4.34. The number of aromatic nitrogens is 5. The van der Waals surface area contributed by atoms with Crippen LogP contribution in [0.5, 0.6) is 5.88 Å². The number of benzene rings is 1. The molecule has 0 bridgehead atoms. The lowest BCUT2D eigenvalue weighted by molar-refractivity contribution is 0.396. The summed E-state index contributed by atoms with van der Waals surface area (Å²) in [7, 11) is 5.19. The highest BCUT2D eigenvalue weighted by molar-refractivity contribution is 5.76. The molecule has 0 fully saturated rings. The molecule has 0 spiro atoms. The summed E-state index contributed by atoms with van der Waals surface area (Å²) < 4.78 is 21.2. The summed E-state index contributed by atoms with van der Waals surface area (Å²) in [6.07, 6.45) is 3.05. The second kappa shape index (κ2) is 6.76. The number of hydrogen-bond acceptors (Lipinski definition) is 6. The first-order valence-electron chi connectivity index (χ1n) is 8.43. The van der Waals surface area contributed by atoms with Crippen LogP contribution in [-0.4, -0.2) is 45.7 Å². The van der Waals surface area contributed by atoms with Crippen molar-refractivity contribution in [3.8, 4) is 23.0 Å². The maximum Gasteiger partial charge on any atom is 0.277 e. The quantitative estimate of drug-likeness (QED) is 0.585. The molecule has 0 atom stereocenters. The number of rotatable bonds is 4. The van der Waals surface area contributed by atoms with Crippen LogP contribution in [0.1, 0.15) is 0 Å². The lowest BCUT2D eigenvalue weighted by Crippen LogP contribution is -2.14. The van der Waals surface area contributed by atoms with Gasteiger partial charge in [0.2, 0.25) is 5.88 Å². The van der Waals surface area contributed by atoms with E-state index in [4.69, 9.17) is 4.74 Å². The van der Waals surface area contributed by atoms with E-state index in [0.29, 0.717) is 11.6 Å². The second-order valence-electron chi connectivity index (χ2n) is 6.29. The molecule has 8 nitrogen and oxygen atoms in total. The van der Waals surface area contributed by atoms with Gasteiger partial charge in [0, 0.05) is 26.0 Å². The Bertz CT molecular complexity index is 1230. The minimum Gasteiger partial charge on any atom is -0.480 e. The zero-order chi connectivity index (χ0) is 19.8. The Morgan fingerprint density at radius 1 is 1.21 bits per heavy atom. The Hall–Kier alpha value is -3.75. The van der Waals surface area contributed by atoms with E-state index >= 15 is 0 Å². The molecular formula is C19H17FN6O2. The van der Waals surface area contributed by atoms with E-state index in [-0.39, 0.29) is 22.6 Å². The van der Waals surface area contributed by atoms with Gasteiger partial charge in [-0.1, -0.05) is 0 Å². The van der Waals surface area contributed by atoms with Crippen molar-refractivity contribution in [1.82, 2.24) is 24.5 Å². The fourth-order valence-electron chi connectivity index (χ4n) is 2.94. The van der Waals surface area contributed by atoms with Gasteiger partial charge in [0.1, 0.15) is 23.7 Å². The third-order valence-electron chi connectivity index (χ3n) is 4.34. The number of fused-ring (bicyclic) bond motifs is 1. The van der Waals surface area contributed by atoms with Crippen LogP contribution < -0.4 is 15.2 Å². The number of methoxy groups -OCH3 is 1. The van der Waals surface area contributed by atoms with Crippen LogP contribution in [0.15, 0.2) is 47.7 Å². The Balaban J connectivity index is 1.91. The molecule has 1 aromatic carbocycles. The zero-order valence-corrected chi connectivity index (χ0v) is 15.5. The van der Waals surface area contributed by atoms with E-state index in [0.717, 1.165) is 5.69 Å². The van der Waals surface area contributed by atoms with Crippen LogP contribution in [0, 0.1) is 5.82 Å². The summed E-state index contributed by atoms with van der Waals surface area (Å²) in [5, 5.41) is 0. The topological polar surface area (TPSA) is 88.9 Å². The molecule has 0 amide bonds. The number of halogens is 1. The van der Waals surface area contributed by atoms with Crippen molar-refractivity contribution in [3.63, 3.8) is 0 Å². The average Bonchev–Trinajstić information content (AvgIpc) is 3.12. The Kier molecular flexibility index (Phi) is 4.26. The van der Waals surface area contributed by atoms with Crippen LogP contribution >= 0.6 is 0 Å². The van der Waals surface area contributed by atoms with Gasteiger partial charge < -0.3 is 14.6 Å². The molecule has 3 aromatic heterocycles. The number of imidazole rings is 1. The Labute approximate surface area is 159 Å². The van der Waals surface area contributed by atoms with Gasteiger partial charge in [0.05, 0.1) is 12.7 Å². The highest BCUT2D eigenvalue weighted by Gasteiger charge is 2.17. The normalized spacial score (nSPS) is 11.0. The van der Waals surface area contributed by atoms with Crippen molar-refractivity contribution in [2.24, 2.45) is 0 Å². The predicted molar refractivity (Wildman–Crippen MR) is 104 cm³/mol. The van der Waals surface area contributed by atoms with E-state index in [1.807, 2.05) is 19.0 Å². The van der Waals surface area contributed by atoms with E-state index in [1.54, 1.807) is 35.0 Å². The van der Waals surface area contributed by atoms with Crippen LogP contribution in [0.25, 0.3) is 28.2 Å². The van der Waals surface area contributed by atoms with Crippen molar-refractivity contribution in [1.29, 1.82) is 0 Å². The van der Waals surface area contributed by atoms with Crippen molar-refractivity contribution < 1.29 is 9.13 Å². The van der Waals surface area contributed by atoms with Gasteiger partial charge in [-0.05, 0) is 30.3 Å². The molecule has 28 heavy (non-hydrogen) atoms. The molecule has 0 aliphatic heterocycles. The molecule has 9 heteroatoms. The minimum absolute atomic E-state index is 0.113. The van der Waals surface area contributed by atoms with Gasteiger partial charge in [0.25, 0.3) is 5.56 Å². The third kappa shape index (κ3) is 2.86. The zero-order valence-electron chi connectivity index (χ0n) is 15.5. The highest BCUT2D eigenvalue weighted by atomic mass is 19.1. The highest BCUT2D eigenvalue weighted by Crippen LogP contribution is 2.26. The summed E-state index contributed by atoms with van der Waals surface area (Å²) in [6, 6.07) is 8.09.